The molecule has 2 aromatic heterocycles. The van der Waals surface area contributed by atoms with Gasteiger partial charge in [0.15, 0.2) is 5.82 Å². The van der Waals surface area contributed by atoms with Crippen molar-refractivity contribution in [3.05, 3.63) is 41.7 Å². The van der Waals surface area contributed by atoms with Crippen LogP contribution in [-0.4, -0.2) is 35.0 Å². The first kappa shape index (κ1) is 14.5. The fourth-order valence-corrected chi connectivity index (χ4v) is 2.32. The number of anilines is 1. The third kappa shape index (κ3) is 3.06. The van der Waals surface area contributed by atoms with Crippen molar-refractivity contribution in [2.24, 2.45) is 0 Å². The van der Waals surface area contributed by atoms with Crippen molar-refractivity contribution < 1.29 is 0 Å². The van der Waals surface area contributed by atoms with E-state index in [2.05, 4.69) is 37.8 Å². The van der Waals surface area contributed by atoms with Crippen LogP contribution >= 0.6 is 11.6 Å². The number of tetrazole rings is 1. The number of aryl methyl sites for hydroxylation is 1. The number of hydrogen-bond acceptors (Lipinski definition) is 6. The molecule has 1 N–H and O–H groups in total. The minimum absolute atomic E-state index is 0.534. The Bertz CT molecular complexity index is 736. The molecule has 9 heteroatoms. The van der Waals surface area contributed by atoms with Gasteiger partial charge in [-0.3, -0.25) is 0 Å². The van der Waals surface area contributed by atoms with E-state index in [-0.39, 0.29) is 0 Å². The lowest BCUT2D eigenvalue weighted by Crippen LogP contribution is -2.10. The van der Waals surface area contributed by atoms with E-state index in [0.717, 1.165) is 30.2 Å². The topological polar surface area (TPSA) is 86.3 Å². The quantitative estimate of drug-likeness (QED) is 0.747. The lowest BCUT2D eigenvalue weighted by Gasteiger charge is -2.09. The van der Waals surface area contributed by atoms with Crippen molar-refractivity contribution in [3.63, 3.8) is 0 Å². The first-order valence-corrected chi connectivity index (χ1v) is 7.29. The molecule has 0 bridgehead atoms. The highest BCUT2D eigenvalue weighted by Gasteiger charge is 2.07. The second-order valence-corrected chi connectivity index (χ2v) is 5.09. The van der Waals surface area contributed by atoms with E-state index in [0.29, 0.717) is 11.6 Å². The summed E-state index contributed by atoms with van der Waals surface area (Å²) in [6, 6.07) is 5.65. The van der Waals surface area contributed by atoms with E-state index in [4.69, 9.17) is 11.6 Å². The maximum Gasteiger partial charge on any atom is 0.170 e. The van der Waals surface area contributed by atoms with Gasteiger partial charge in [-0.05, 0) is 35.0 Å². The number of aromatic nitrogens is 7. The second kappa shape index (κ2) is 6.52. The standard InChI is InChI=1S/C13H15ClN8/c1-2-5-21-13(18-19-20-21)7-16-10-3-4-12(11(14)6-10)22-9-15-8-17-22/h3-4,6,8-9,16H,2,5,7H2,1H3. The fraction of sp³-hybridized carbons (Fsp3) is 0.308. The van der Waals surface area contributed by atoms with Crippen molar-refractivity contribution >= 4 is 17.3 Å². The van der Waals surface area contributed by atoms with E-state index in [1.54, 1.807) is 15.7 Å². The van der Waals surface area contributed by atoms with Crippen LogP contribution < -0.4 is 5.32 Å². The van der Waals surface area contributed by atoms with E-state index in [1.807, 2.05) is 18.2 Å². The van der Waals surface area contributed by atoms with Gasteiger partial charge in [-0.25, -0.2) is 14.3 Å². The van der Waals surface area contributed by atoms with Crippen molar-refractivity contribution in [1.29, 1.82) is 0 Å². The Balaban J connectivity index is 1.71. The van der Waals surface area contributed by atoms with Crippen LogP contribution in [0.2, 0.25) is 5.02 Å². The van der Waals surface area contributed by atoms with Crippen LogP contribution in [-0.2, 0) is 13.1 Å². The predicted octanol–water partition coefficient (Wildman–Crippen LogP) is 1.93. The van der Waals surface area contributed by atoms with Crippen LogP contribution in [0.5, 0.6) is 0 Å². The number of nitrogens with one attached hydrogen (secondary N) is 1. The van der Waals surface area contributed by atoms with Gasteiger partial charge in [0.25, 0.3) is 0 Å². The largest absolute Gasteiger partial charge is 0.378 e. The summed E-state index contributed by atoms with van der Waals surface area (Å²) in [6.45, 7) is 3.42. The van der Waals surface area contributed by atoms with Gasteiger partial charge >= 0.3 is 0 Å². The van der Waals surface area contributed by atoms with Crippen molar-refractivity contribution in [2.75, 3.05) is 5.32 Å². The summed E-state index contributed by atoms with van der Waals surface area (Å²) in [4.78, 5) is 3.91. The molecular formula is C13H15ClN8. The summed E-state index contributed by atoms with van der Waals surface area (Å²) in [5.41, 5.74) is 1.67. The molecule has 114 valence electrons. The Morgan fingerprint density at radius 3 is 2.95 bits per heavy atom. The number of rotatable bonds is 6. The Morgan fingerprint density at radius 1 is 1.32 bits per heavy atom. The lowest BCUT2D eigenvalue weighted by molar-refractivity contribution is 0.558. The zero-order valence-corrected chi connectivity index (χ0v) is 12.8. The molecule has 3 rings (SSSR count). The van der Waals surface area contributed by atoms with Gasteiger partial charge in [-0.1, -0.05) is 18.5 Å². The maximum atomic E-state index is 6.29. The zero-order chi connectivity index (χ0) is 15.4. The first-order chi connectivity index (χ1) is 10.8. The highest BCUT2D eigenvalue weighted by Crippen LogP contribution is 2.23. The maximum absolute atomic E-state index is 6.29. The SMILES string of the molecule is CCCn1nnnc1CNc1ccc(-n2cncn2)c(Cl)c1. The highest BCUT2D eigenvalue weighted by atomic mass is 35.5. The average Bonchev–Trinajstić information content (AvgIpc) is 3.17. The smallest absolute Gasteiger partial charge is 0.170 e. The third-order valence-electron chi connectivity index (χ3n) is 3.11. The summed E-state index contributed by atoms with van der Waals surface area (Å²) in [6.07, 6.45) is 4.06. The molecule has 0 amide bonds. The molecule has 0 radical (unpaired) electrons. The molecule has 8 nitrogen and oxygen atoms in total. The molecule has 0 saturated carbocycles. The lowest BCUT2D eigenvalue weighted by atomic mass is 10.2. The molecule has 0 aliphatic rings. The van der Waals surface area contributed by atoms with Crippen LogP contribution in [0.3, 0.4) is 0 Å². The van der Waals surface area contributed by atoms with Crippen LogP contribution in [0.1, 0.15) is 19.2 Å². The molecule has 0 spiro atoms. The van der Waals surface area contributed by atoms with Crippen LogP contribution in [0.4, 0.5) is 5.69 Å². The number of halogens is 1. The summed E-state index contributed by atoms with van der Waals surface area (Å²) >= 11 is 6.29. The molecule has 0 aliphatic carbocycles. The second-order valence-electron chi connectivity index (χ2n) is 4.68. The Labute approximate surface area is 132 Å². The normalized spacial score (nSPS) is 10.8. The molecule has 2 heterocycles. The minimum Gasteiger partial charge on any atom is -0.378 e. The molecule has 0 aliphatic heterocycles. The summed E-state index contributed by atoms with van der Waals surface area (Å²) in [5, 5.41) is 19.6. The van der Waals surface area contributed by atoms with Gasteiger partial charge in [0.05, 0.1) is 17.3 Å². The summed E-state index contributed by atoms with van der Waals surface area (Å²) < 4.78 is 3.41. The van der Waals surface area contributed by atoms with Gasteiger partial charge in [-0.15, -0.1) is 5.10 Å². The Hall–Kier alpha value is -2.48. The molecule has 0 unspecified atom stereocenters. The van der Waals surface area contributed by atoms with Gasteiger partial charge in [-0.2, -0.15) is 5.10 Å². The monoisotopic (exact) mass is 318 g/mol. The Kier molecular flexibility index (Phi) is 4.29. The molecule has 0 saturated heterocycles. The third-order valence-corrected chi connectivity index (χ3v) is 3.41. The van der Waals surface area contributed by atoms with E-state index in [1.165, 1.54) is 6.33 Å². The van der Waals surface area contributed by atoms with Crippen molar-refractivity contribution in [2.45, 2.75) is 26.4 Å². The molecule has 3 aromatic rings. The highest BCUT2D eigenvalue weighted by molar-refractivity contribution is 6.32. The predicted molar refractivity (Wildman–Crippen MR) is 81.8 cm³/mol. The molecule has 1 aromatic carbocycles. The minimum atomic E-state index is 0.534. The molecule has 0 fully saturated rings. The fourth-order valence-electron chi connectivity index (χ4n) is 2.05. The summed E-state index contributed by atoms with van der Waals surface area (Å²) in [5.74, 6) is 0.790. The van der Waals surface area contributed by atoms with Crippen LogP contribution in [0, 0.1) is 0 Å². The van der Waals surface area contributed by atoms with E-state index < -0.39 is 0 Å². The molecule has 22 heavy (non-hydrogen) atoms. The first-order valence-electron chi connectivity index (χ1n) is 6.91. The van der Waals surface area contributed by atoms with Crippen LogP contribution in [0.15, 0.2) is 30.9 Å². The van der Waals surface area contributed by atoms with Gasteiger partial charge in [0.2, 0.25) is 0 Å². The van der Waals surface area contributed by atoms with Crippen molar-refractivity contribution in [3.8, 4) is 5.69 Å². The van der Waals surface area contributed by atoms with Gasteiger partial charge in [0, 0.05) is 12.2 Å². The van der Waals surface area contributed by atoms with Crippen molar-refractivity contribution in [1.82, 2.24) is 35.0 Å². The average molecular weight is 319 g/mol. The number of benzene rings is 1. The van der Waals surface area contributed by atoms with Gasteiger partial charge in [0.1, 0.15) is 12.7 Å². The summed E-state index contributed by atoms with van der Waals surface area (Å²) in [7, 11) is 0. The number of hydrogen-bond donors (Lipinski definition) is 1. The molecular weight excluding hydrogens is 304 g/mol. The van der Waals surface area contributed by atoms with E-state index in [9.17, 15) is 0 Å². The van der Waals surface area contributed by atoms with E-state index >= 15 is 0 Å². The zero-order valence-electron chi connectivity index (χ0n) is 12.0. The van der Waals surface area contributed by atoms with Crippen LogP contribution in [0.25, 0.3) is 5.69 Å². The molecule has 0 atom stereocenters. The Morgan fingerprint density at radius 2 is 2.23 bits per heavy atom. The van der Waals surface area contributed by atoms with Gasteiger partial charge < -0.3 is 5.32 Å². The number of nitrogens with zero attached hydrogens (tertiary/aromatic N) is 7.